The fraction of sp³-hybridized carbons (Fsp3) is 0.127. The van der Waals surface area contributed by atoms with Gasteiger partial charge in [-0.05, 0) is 239 Å². The molecule has 2 aliphatic heterocycles. The van der Waals surface area contributed by atoms with Gasteiger partial charge >= 0.3 is 0 Å². The third kappa shape index (κ3) is 9.11. The Balaban J connectivity index is 0.861. The van der Waals surface area contributed by atoms with Gasteiger partial charge in [-0.2, -0.15) is 0 Å². The molecule has 1 aromatic heterocycles. The first-order valence-electron chi connectivity index (χ1n) is 40.7. The van der Waals surface area contributed by atoms with Crippen LogP contribution in [0.15, 0.2) is 346 Å². The lowest BCUT2D eigenvalue weighted by Crippen LogP contribution is -2.61. The quantitative estimate of drug-likeness (QED) is 0.154. The van der Waals surface area contributed by atoms with Gasteiger partial charge in [0, 0.05) is 50.3 Å². The molecule has 0 saturated carbocycles. The van der Waals surface area contributed by atoms with Crippen molar-refractivity contribution >= 4 is 79.0 Å². The second-order valence-corrected chi connectivity index (χ2v) is 35.8. The highest BCUT2D eigenvalue weighted by Gasteiger charge is 2.56. The van der Waals surface area contributed by atoms with Gasteiger partial charge in [0.1, 0.15) is 0 Å². The number of hydrogen-bond donors (Lipinski definition) is 0. The van der Waals surface area contributed by atoms with Crippen LogP contribution in [-0.2, 0) is 27.1 Å². The normalized spacial score (nSPS) is 14.4. The summed E-state index contributed by atoms with van der Waals surface area (Å²) in [5.74, 6) is 0. The van der Waals surface area contributed by atoms with Crippen molar-refractivity contribution < 1.29 is 0 Å². The molecule has 0 amide bonds. The first-order valence-corrected chi connectivity index (χ1v) is 40.7. The average Bonchev–Trinajstić information content (AvgIpc) is 1.48. The molecule has 2 spiro atoms. The highest BCUT2D eigenvalue weighted by molar-refractivity contribution is 7.00. The van der Waals surface area contributed by atoms with E-state index in [1.807, 2.05) is 0 Å². The molecule has 4 aliphatic carbocycles. The number of benzene rings is 16. The smallest absolute Gasteiger partial charge is 0.252 e. The van der Waals surface area contributed by atoms with Crippen molar-refractivity contribution in [2.75, 3.05) is 9.80 Å². The van der Waals surface area contributed by atoms with Crippen molar-refractivity contribution in [1.29, 1.82) is 0 Å². The van der Waals surface area contributed by atoms with Crippen molar-refractivity contribution in [2.24, 2.45) is 0 Å². The molecule has 0 saturated heterocycles. The molecule has 0 N–H and O–H groups in total. The zero-order valence-electron chi connectivity index (χ0n) is 65.8. The van der Waals surface area contributed by atoms with Gasteiger partial charge in [-0.15, -0.1) is 0 Å². The van der Waals surface area contributed by atoms with E-state index in [4.69, 9.17) is 0 Å². The summed E-state index contributed by atoms with van der Waals surface area (Å²) in [6.45, 7) is 21.1. The lowest BCUT2D eigenvalue weighted by Gasteiger charge is -2.46. The van der Waals surface area contributed by atoms with Gasteiger partial charge < -0.3 is 14.4 Å². The van der Waals surface area contributed by atoms with Crippen LogP contribution in [0.2, 0.25) is 0 Å². The van der Waals surface area contributed by atoms with Crippen LogP contribution in [0.25, 0.3) is 105 Å². The summed E-state index contributed by atoms with van der Waals surface area (Å²) >= 11 is 0. The van der Waals surface area contributed by atoms with Crippen LogP contribution >= 0.6 is 0 Å². The predicted molar refractivity (Wildman–Crippen MR) is 480 cm³/mol. The zero-order valence-corrected chi connectivity index (χ0v) is 65.8. The molecular weight excluding hydrogens is 1370 g/mol. The first kappa shape index (κ1) is 66.7. The van der Waals surface area contributed by atoms with Gasteiger partial charge in [0.05, 0.1) is 33.2 Å². The Bertz CT molecular complexity index is 6830. The van der Waals surface area contributed by atoms with Crippen molar-refractivity contribution in [3.05, 3.63) is 407 Å². The lowest BCUT2D eigenvalue weighted by atomic mass is 9.33. The standard InChI is InChI=1S/C110H84BN3/c1-106(2,3)73-50-57-95-81(62-73)82-63-74(107(4,5)6)51-58-96(82)112(95)76-52-55-93-100(66-76)114(99-46-28-44-92-104(99)84-60-71(68-31-15-11-16-32-68)48-54-90(84)110(92)87-41-25-21-37-79(87)80-38-22-26-42-88(80)110)102-65-75(108(7,8)9)64-101-105(102)111(93)94-61-72(69-33-17-12-18-34-69)49-56-97(94)113(101)98-45-27-43-91-103(98)83-59-70(67-29-13-10-14-30-67)47-53-89(83)109(91)85-39-23-19-35-77(85)78-36-20-24-40-86(78)109/h10-66H,1-9H3. The van der Waals surface area contributed by atoms with Crippen molar-refractivity contribution in [3.63, 3.8) is 0 Å². The van der Waals surface area contributed by atoms with Crippen molar-refractivity contribution in [3.8, 4) is 83.6 Å². The molecule has 6 aliphatic rings. The first-order chi connectivity index (χ1) is 55.5. The van der Waals surface area contributed by atoms with E-state index >= 15 is 0 Å². The Morgan fingerprint density at radius 2 is 0.614 bits per heavy atom. The van der Waals surface area contributed by atoms with Crippen LogP contribution in [-0.4, -0.2) is 11.3 Å². The molecule has 4 heteroatoms. The molecule has 17 aromatic rings. The van der Waals surface area contributed by atoms with E-state index in [0.717, 1.165) is 22.7 Å². The molecular formula is C110H84BN3. The van der Waals surface area contributed by atoms with E-state index in [2.05, 4.69) is 422 Å². The largest absolute Gasteiger partial charge is 0.311 e. The molecule has 114 heavy (non-hydrogen) atoms. The Morgan fingerprint density at radius 1 is 0.237 bits per heavy atom. The molecule has 23 rings (SSSR count). The maximum absolute atomic E-state index is 2.78. The fourth-order valence-corrected chi connectivity index (χ4v) is 21.5. The minimum atomic E-state index is -0.634. The Labute approximate surface area is 668 Å². The van der Waals surface area contributed by atoms with Gasteiger partial charge in [0.2, 0.25) is 0 Å². The molecule has 3 heterocycles. The molecule has 542 valence electrons. The van der Waals surface area contributed by atoms with E-state index in [-0.39, 0.29) is 23.0 Å². The van der Waals surface area contributed by atoms with E-state index in [1.54, 1.807) is 0 Å². The van der Waals surface area contributed by atoms with Crippen molar-refractivity contribution in [1.82, 2.24) is 4.57 Å². The number of nitrogens with zero attached hydrogens (tertiary/aromatic N) is 3. The van der Waals surface area contributed by atoms with Crippen LogP contribution < -0.4 is 26.2 Å². The van der Waals surface area contributed by atoms with Crippen molar-refractivity contribution in [2.45, 2.75) is 89.4 Å². The Kier molecular flexibility index (Phi) is 13.9. The minimum absolute atomic E-state index is 0.0633. The number of fused-ring (bicyclic) bond motifs is 27. The summed E-state index contributed by atoms with van der Waals surface area (Å²) < 4.78 is 2.59. The fourth-order valence-electron chi connectivity index (χ4n) is 21.5. The maximum atomic E-state index is 2.78. The second-order valence-electron chi connectivity index (χ2n) is 35.8. The predicted octanol–water partition coefficient (Wildman–Crippen LogP) is 26.4. The molecule has 16 aromatic carbocycles. The summed E-state index contributed by atoms with van der Waals surface area (Å²) in [5.41, 5.74) is 44.3. The molecule has 0 radical (unpaired) electrons. The van der Waals surface area contributed by atoms with E-state index in [1.165, 1.54) is 194 Å². The van der Waals surface area contributed by atoms with Crippen LogP contribution in [0.5, 0.6) is 0 Å². The highest BCUT2D eigenvalue weighted by Crippen LogP contribution is 2.68. The third-order valence-electron chi connectivity index (χ3n) is 26.7. The van der Waals surface area contributed by atoms with Gasteiger partial charge in [-0.3, -0.25) is 0 Å². The summed E-state index contributed by atoms with van der Waals surface area (Å²) in [7, 11) is 0. The topological polar surface area (TPSA) is 11.4 Å². The van der Waals surface area contributed by atoms with Crippen LogP contribution in [0, 0.1) is 0 Å². The van der Waals surface area contributed by atoms with Crippen LogP contribution in [0.3, 0.4) is 0 Å². The van der Waals surface area contributed by atoms with Crippen LogP contribution in [0.1, 0.15) is 124 Å². The average molecular weight is 1460 g/mol. The molecule has 3 nitrogen and oxygen atoms in total. The van der Waals surface area contributed by atoms with E-state index in [0.29, 0.717) is 0 Å². The molecule has 0 fully saturated rings. The zero-order chi connectivity index (χ0) is 76.6. The lowest BCUT2D eigenvalue weighted by molar-refractivity contribution is 0.590. The summed E-state index contributed by atoms with van der Waals surface area (Å²) in [5, 5.41) is 2.54. The number of hydrogen-bond acceptors (Lipinski definition) is 2. The van der Waals surface area contributed by atoms with Gasteiger partial charge in [0.15, 0.2) is 0 Å². The number of rotatable bonds is 6. The van der Waals surface area contributed by atoms with E-state index < -0.39 is 10.8 Å². The van der Waals surface area contributed by atoms with Gasteiger partial charge in [-0.1, -0.05) is 329 Å². The number of aromatic nitrogens is 1. The summed E-state index contributed by atoms with van der Waals surface area (Å²) in [6, 6.07) is 135. The molecule has 0 unspecified atom stereocenters. The third-order valence-corrected chi connectivity index (χ3v) is 26.7. The number of anilines is 6. The SMILES string of the molecule is CC(C)(C)c1cc2c3c(c1)N(c1cccc4c1-c1cc(-c5ccccc5)ccc1C41c4ccccc4-c4ccccc41)c1cc(-n4c5ccc(C(C)(C)C)cc5c5cc(C(C)(C)C)ccc54)ccc1B3c1cc(-c3ccccc3)ccc1N2c1cccc2c1-c1cc(-c3ccccc3)ccc1C21c2ccccc2-c2ccccc21. The summed E-state index contributed by atoms with van der Waals surface area (Å²) in [4.78, 5) is 5.52. The Morgan fingerprint density at radius 3 is 1.04 bits per heavy atom. The van der Waals surface area contributed by atoms with Gasteiger partial charge in [-0.25, -0.2) is 0 Å². The Hall–Kier alpha value is -13.0. The molecule has 0 atom stereocenters. The van der Waals surface area contributed by atoms with Gasteiger partial charge in [0.25, 0.3) is 6.71 Å². The summed E-state index contributed by atoms with van der Waals surface area (Å²) in [6.07, 6.45) is 0. The van der Waals surface area contributed by atoms with Crippen LogP contribution in [0.4, 0.5) is 34.1 Å². The molecule has 0 bridgehead atoms. The maximum Gasteiger partial charge on any atom is 0.252 e. The minimum Gasteiger partial charge on any atom is -0.311 e. The highest BCUT2D eigenvalue weighted by atomic mass is 15.2. The monoisotopic (exact) mass is 1460 g/mol. The van der Waals surface area contributed by atoms with E-state index in [9.17, 15) is 0 Å². The second kappa shape index (κ2) is 23.8.